The summed E-state index contributed by atoms with van der Waals surface area (Å²) in [6.45, 7) is 0.273. The van der Waals surface area contributed by atoms with E-state index < -0.39 is 15.9 Å². The summed E-state index contributed by atoms with van der Waals surface area (Å²) in [6, 6.07) is 20.0. The maximum Gasteiger partial charge on any atom is 0.268 e. The fourth-order valence-corrected chi connectivity index (χ4v) is 4.54. The molecule has 0 spiro atoms. The predicted octanol–water partition coefficient (Wildman–Crippen LogP) is 3.56. The summed E-state index contributed by atoms with van der Waals surface area (Å²) in [5.41, 5.74) is 7.08. The van der Waals surface area contributed by atoms with E-state index >= 15 is 0 Å². The van der Waals surface area contributed by atoms with E-state index in [1.807, 2.05) is 0 Å². The Morgan fingerprint density at radius 2 is 1.61 bits per heavy atom. The van der Waals surface area contributed by atoms with Gasteiger partial charge in [-0.3, -0.25) is 4.79 Å². The normalized spacial score (nSPS) is 11.4. The van der Waals surface area contributed by atoms with Crippen LogP contribution in [0.1, 0.15) is 15.9 Å². The fourth-order valence-electron chi connectivity index (χ4n) is 3.18. The number of amides is 1. The van der Waals surface area contributed by atoms with Crippen molar-refractivity contribution in [1.29, 1.82) is 0 Å². The third kappa shape index (κ3) is 4.10. The number of hydrogen-bond donors (Lipinski definition) is 1. The summed E-state index contributed by atoms with van der Waals surface area (Å²) in [4.78, 5) is 11.3. The molecule has 0 aliphatic carbocycles. The van der Waals surface area contributed by atoms with Gasteiger partial charge in [0.1, 0.15) is 18.1 Å². The second-order valence-corrected chi connectivity index (χ2v) is 8.68. The number of methoxy groups -OCH3 is 1. The molecular formula is C23H20N2O5S. The highest BCUT2D eigenvalue weighted by Gasteiger charge is 2.19. The van der Waals surface area contributed by atoms with Crippen molar-refractivity contribution < 1.29 is 22.7 Å². The summed E-state index contributed by atoms with van der Waals surface area (Å²) < 4.78 is 38.3. The molecule has 31 heavy (non-hydrogen) atoms. The predicted molar refractivity (Wildman–Crippen MR) is 117 cm³/mol. The number of rotatable bonds is 7. The second-order valence-electron chi connectivity index (χ2n) is 6.86. The number of fused-ring (bicyclic) bond motifs is 1. The first-order chi connectivity index (χ1) is 14.9. The minimum atomic E-state index is -3.76. The number of carbonyl (C=O) groups is 1. The zero-order chi connectivity index (χ0) is 22.0. The highest BCUT2D eigenvalue weighted by Crippen LogP contribution is 2.26. The first-order valence-electron chi connectivity index (χ1n) is 9.41. The van der Waals surface area contributed by atoms with Crippen LogP contribution in [0.2, 0.25) is 0 Å². The van der Waals surface area contributed by atoms with Crippen molar-refractivity contribution in [3.8, 4) is 11.5 Å². The first kappa shape index (κ1) is 20.5. The standard InChI is InChI=1S/C23H20N2O5S/c1-29-20-8-11-22-18(14-20)12-13-25(22)31(27,28)21-9-6-19(7-10-21)30-15-16-2-4-17(5-3-16)23(24)26/h2-14H,15H2,1H3,(H2,24,26). The molecule has 1 aromatic heterocycles. The van der Waals surface area contributed by atoms with Gasteiger partial charge in [-0.05, 0) is 66.2 Å². The maximum atomic E-state index is 13.1. The molecule has 0 aliphatic heterocycles. The smallest absolute Gasteiger partial charge is 0.268 e. The van der Waals surface area contributed by atoms with Gasteiger partial charge in [0.25, 0.3) is 10.0 Å². The van der Waals surface area contributed by atoms with Gasteiger partial charge in [-0.2, -0.15) is 0 Å². The Kier molecular flexibility index (Phi) is 5.39. The van der Waals surface area contributed by atoms with E-state index in [2.05, 4.69) is 0 Å². The SMILES string of the molecule is COc1ccc2c(ccn2S(=O)(=O)c2ccc(OCc3ccc(C(N)=O)cc3)cc2)c1. The van der Waals surface area contributed by atoms with E-state index in [-0.39, 0.29) is 11.5 Å². The van der Waals surface area contributed by atoms with E-state index in [1.165, 1.54) is 22.3 Å². The minimum Gasteiger partial charge on any atom is -0.497 e. The number of nitrogens with zero attached hydrogens (tertiary/aromatic N) is 1. The van der Waals surface area contributed by atoms with Gasteiger partial charge >= 0.3 is 0 Å². The Hall–Kier alpha value is -3.78. The molecule has 0 aliphatic rings. The number of primary amides is 1. The molecular weight excluding hydrogens is 416 g/mol. The van der Waals surface area contributed by atoms with Crippen LogP contribution in [0.15, 0.2) is 83.9 Å². The maximum absolute atomic E-state index is 13.1. The first-order valence-corrected chi connectivity index (χ1v) is 10.8. The molecule has 0 bridgehead atoms. The fraction of sp³-hybridized carbons (Fsp3) is 0.0870. The summed E-state index contributed by atoms with van der Waals surface area (Å²) in [7, 11) is -2.20. The third-order valence-corrected chi connectivity index (χ3v) is 6.59. The minimum absolute atomic E-state index is 0.152. The Morgan fingerprint density at radius 3 is 2.26 bits per heavy atom. The zero-order valence-electron chi connectivity index (χ0n) is 16.7. The molecule has 0 fully saturated rings. The van der Waals surface area contributed by atoms with Crippen LogP contribution < -0.4 is 15.2 Å². The molecule has 1 amide bonds. The summed E-state index contributed by atoms with van der Waals surface area (Å²) in [5, 5.41) is 0.769. The molecule has 0 radical (unpaired) electrons. The van der Waals surface area contributed by atoms with Crippen LogP contribution in [0.5, 0.6) is 11.5 Å². The number of benzene rings is 3. The molecule has 0 unspecified atom stereocenters. The van der Waals surface area contributed by atoms with Crippen molar-refractivity contribution in [2.45, 2.75) is 11.5 Å². The highest BCUT2D eigenvalue weighted by atomic mass is 32.2. The van der Waals surface area contributed by atoms with E-state index in [9.17, 15) is 13.2 Å². The van der Waals surface area contributed by atoms with Gasteiger partial charge in [0.05, 0.1) is 17.5 Å². The second kappa shape index (κ2) is 8.16. The average Bonchev–Trinajstić information content (AvgIpc) is 3.22. The van der Waals surface area contributed by atoms with Gasteiger partial charge in [-0.1, -0.05) is 12.1 Å². The van der Waals surface area contributed by atoms with Crippen molar-refractivity contribution in [1.82, 2.24) is 3.97 Å². The molecule has 1 heterocycles. The molecule has 4 aromatic rings. The Balaban J connectivity index is 1.51. The summed E-state index contributed by atoms with van der Waals surface area (Å²) in [6.07, 6.45) is 1.53. The number of nitrogens with two attached hydrogens (primary N) is 1. The van der Waals surface area contributed by atoms with E-state index in [0.717, 1.165) is 10.9 Å². The Labute approximate surface area is 179 Å². The van der Waals surface area contributed by atoms with E-state index in [1.54, 1.807) is 67.8 Å². The van der Waals surface area contributed by atoms with Gasteiger partial charge in [0, 0.05) is 17.1 Å². The number of aromatic nitrogens is 1. The molecule has 8 heteroatoms. The summed E-state index contributed by atoms with van der Waals surface area (Å²) in [5.74, 6) is 0.701. The third-order valence-electron chi connectivity index (χ3n) is 4.89. The van der Waals surface area contributed by atoms with Crippen molar-refractivity contribution in [3.05, 3.63) is 90.1 Å². The molecule has 158 valence electrons. The van der Waals surface area contributed by atoms with Crippen LogP contribution in [-0.2, 0) is 16.6 Å². The van der Waals surface area contributed by atoms with Gasteiger partial charge in [-0.25, -0.2) is 12.4 Å². The average molecular weight is 436 g/mol. The largest absolute Gasteiger partial charge is 0.497 e. The topological polar surface area (TPSA) is 101 Å². The van der Waals surface area contributed by atoms with E-state index in [0.29, 0.717) is 22.6 Å². The van der Waals surface area contributed by atoms with Crippen molar-refractivity contribution >= 4 is 26.8 Å². The van der Waals surface area contributed by atoms with E-state index in [4.69, 9.17) is 15.2 Å². The summed E-state index contributed by atoms with van der Waals surface area (Å²) >= 11 is 0. The van der Waals surface area contributed by atoms with Crippen molar-refractivity contribution in [2.75, 3.05) is 7.11 Å². The molecule has 0 saturated heterocycles. The highest BCUT2D eigenvalue weighted by molar-refractivity contribution is 7.90. The number of ether oxygens (including phenoxy) is 2. The van der Waals surface area contributed by atoms with Crippen LogP contribution in [0.25, 0.3) is 10.9 Å². The van der Waals surface area contributed by atoms with Crippen molar-refractivity contribution in [2.24, 2.45) is 5.73 Å². The quantitative estimate of drug-likeness (QED) is 0.477. The molecule has 3 aromatic carbocycles. The van der Waals surface area contributed by atoms with Crippen LogP contribution in [0, 0.1) is 0 Å². The van der Waals surface area contributed by atoms with Crippen LogP contribution in [-0.4, -0.2) is 25.4 Å². The molecule has 4 rings (SSSR count). The van der Waals surface area contributed by atoms with Crippen molar-refractivity contribution in [3.63, 3.8) is 0 Å². The zero-order valence-corrected chi connectivity index (χ0v) is 17.5. The van der Waals surface area contributed by atoms with Gasteiger partial charge in [-0.15, -0.1) is 0 Å². The molecule has 0 atom stereocenters. The van der Waals surface area contributed by atoms with Gasteiger partial charge in [0.2, 0.25) is 5.91 Å². The monoisotopic (exact) mass is 436 g/mol. The Morgan fingerprint density at radius 1 is 0.935 bits per heavy atom. The lowest BCUT2D eigenvalue weighted by Crippen LogP contribution is -2.11. The van der Waals surface area contributed by atoms with Crippen LogP contribution >= 0.6 is 0 Å². The van der Waals surface area contributed by atoms with Gasteiger partial charge < -0.3 is 15.2 Å². The lowest BCUT2D eigenvalue weighted by atomic mass is 10.1. The van der Waals surface area contributed by atoms with Gasteiger partial charge in [0.15, 0.2) is 0 Å². The molecule has 7 nitrogen and oxygen atoms in total. The lowest BCUT2D eigenvalue weighted by molar-refractivity contribution is 0.1000. The lowest BCUT2D eigenvalue weighted by Gasteiger charge is -2.10. The number of carbonyl (C=O) groups excluding carboxylic acids is 1. The number of hydrogen-bond acceptors (Lipinski definition) is 5. The van der Waals surface area contributed by atoms with Crippen LogP contribution in [0.3, 0.4) is 0 Å². The molecule has 0 saturated carbocycles. The molecule has 2 N–H and O–H groups in total. The Bertz CT molecular complexity index is 1340. The van der Waals surface area contributed by atoms with Crippen LogP contribution in [0.4, 0.5) is 0 Å².